The molecule has 1 aliphatic carbocycles. The van der Waals surface area contributed by atoms with Gasteiger partial charge in [0.15, 0.2) is 0 Å². The highest BCUT2D eigenvalue weighted by Gasteiger charge is 2.45. The number of ether oxygens (including phenoxy) is 2. The summed E-state index contributed by atoms with van der Waals surface area (Å²) in [5.74, 6) is 0.386. The number of aliphatic hydroxyl groups is 1. The van der Waals surface area contributed by atoms with Crippen molar-refractivity contribution in [3.05, 3.63) is 77.4 Å². The van der Waals surface area contributed by atoms with E-state index in [0.29, 0.717) is 19.4 Å². The maximum Gasteiger partial charge on any atom is 0.313 e. The van der Waals surface area contributed by atoms with E-state index in [1.807, 2.05) is 25.1 Å². The largest absolute Gasteiger partial charge is 0.495 e. The SMILES string of the molecule is C=C/C=C(\C)O[C@@H](CCc1ccccc1)CC[C@@H]1[C@@H](C/C=C\CCCC(=O)O)[C@@H](O)C[C@H]1OC1C#[N+]C1. The van der Waals surface area contributed by atoms with Gasteiger partial charge in [-0.15, -0.1) is 0 Å². The van der Waals surface area contributed by atoms with Crippen LogP contribution in [0, 0.1) is 17.9 Å². The molecular formula is C31H42NO5+. The topological polar surface area (TPSA) is 80.4 Å². The highest BCUT2D eigenvalue weighted by Crippen LogP contribution is 2.41. The fourth-order valence-corrected chi connectivity index (χ4v) is 5.31. The molecule has 1 saturated carbocycles. The van der Waals surface area contributed by atoms with E-state index in [2.05, 4.69) is 47.8 Å². The number of aliphatic hydroxyl groups excluding tert-OH is 1. The van der Waals surface area contributed by atoms with E-state index in [1.54, 1.807) is 6.08 Å². The molecule has 1 aromatic carbocycles. The summed E-state index contributed by atoms with van der Waals surface area (Å²) in [6.07, 6.45) is 13.8. The molecule has 2 N–H and O–H groups in total. The van der Waals surface area contributed by atoms with Crippen molar-refractivity contribution in [1.29, 1.82) is 0 Å². The van der Waals surface area contributed by atoms with Gasteiger partial charge in [0.1, 0.15) is 0 Å². The summed E-state index contributed by atoms with van der Waals surface area (Å²) in [7, 11) is 0. The van der Waals surface area contributed by atoms with E-state index >= 15 is 0 Å². The summed E-state index contributed by atoms with van der Waals surface area (Å²) in [4.78, 5) is 14.8. The third-order valence-corrected chi connectivity index (χ3v) is 7.29. The van der Waals surface area contributed by atoms with E-state index in [1.165, 1.54) is 5.56 Å². The van der Waals surface area contributed by atoms with Crippen LogP contribution < -0.4 is 0 Å². The lowest BCUT2D eigenvalue weighted by Gasteiger charge is -2.28. The number of benzene rings is 1. The number of carbonyl (C=O) groups is 1. The number of aryl methyl sites for hydroxylation is 1. The molecule has 1 fully saturated rings. The van der Waals surface area contributed by atoms with E-state index in [-0.39, 0.29) is 36.6 Å². The maximum absolute atomic E-state index is 11.0. The van der Waals surface area contributed by atoms with E-state index in [9.17, 15) is 9.90 Å². The molecule has 0 bridgehead atoms. The van der Waals surface area contributed by atoms with Crippen molar-refractivity contribution >= 4 is 5.97 Å². The van der Waals surface area contributed by atoms with Gasteiger partial charge in [-0.25, -0.2) is 0 Å². The highest BCUT2D eigenvalue weighted by atomic mass is 16.5. The summed E-state index contributed by atoms with van der Waals surface area (Å²) >= 11 is 0. The van der Waals surface area contributed by atoms with Gasteiger partial charge in [0.25, 0.3) is 6.10 Å². The summed E-state index contributed by atoms with van der Waals surface area (Å²) < 4.78 is 12.6. The summed E-state index contributed by atoms with van der Waals surface area (Å²) in [6, 6.07) is 13.4. The Morgan fingerprint density at radius 2 is 2.03 bits per heavy atom. The smallest absolute Gasteiger partial charge is 0.313 e. The van der Waals surface area contributed by atoms with Gasteiger partial charge in [-0.05, 0) is 75.3 Å². The van der Waals surface area contributed by atoms with Crippen molar-refractivity contribution in [2.75, 3.05) is 6.54 Å². The highest BCUT2D eigenvalue weighted by molar-refractivity contribution is 5.66. The van der Waals surface area contributed by atoms with Crippen LogP contribution in [0.4, 0.5) is 0 Å². The lowest BCUT2D eigenvalue weighted by atomic mass is 9.85. The number of nitrogens with zero attached hydrogens (tertiary/aromatic N) is 1. The molecule has 0 saturated heterocycles. The van der Waals surface area contributed by atoms with Crippen molar-refractivity contribution in [3.63, 3.8) is 0 Å². The van der Waals surface area contributed by atoms with Crippen molar-refractivity contribution in [2.24, 2.45) is 11.8 Å². The Labute approximate surface area is 221 Å². The third-order valence-electron chi connectivity index (χ3n) is 7.29. The second kappa shape index (κ2) is 15.4. The van der Waals surface area contributed by atoms with Crippen LogP contribution in [0.1, 0.15) is 63.9 Å². The Bertz CT molecular complexity index is 976. The van der Waals surface area contributed by atoms with E-state index < -0.39 is 12.1 Å². The first-order valence-corrected chi connectivity index (χ1v) is 13.6. The van der Waals surface area contributed by atoms with Crippen LogP contribution in [-0.2, 0) is 20.7 Å². The molecule has 0 spiro atoms. The predicted molar refractivity (Wildman–Crippen MR) is 146 cm³/mol. The molecule has 6 heteroatoms. The molecule has 0 aromatic heterocycles. The number of carboxylic acids is 1. The van der Waals surface area contributed by atoms with Crippen LogP contribution >= 0.6 is 0 Å². The quantitative estimate of drug-likeness (QED) is 0.114. The van der Waals surface area contributed by atoms with Crippen molar-refractivity contribution in [3.8, 4) is 6.07 Å². The zero-order valence-electron chi connectivity index (χ0n) is 22.0. The Morgan fingerprint density at radius 1 is 1.24 bits per heavy atom. The molecule has 1 unspecified atom stereocenters. The third kappa shape index (κ3) is 9.83. The van der Waals surface area contributed by atoms with E-state index in [0.717, 1.165) is 44.3 Å². The van der Waals surface area contributed by atoms with Crippen molar-refractivity contribution < 1.29 is 24.5 Å². The number of hydrogen-bond donors (Lipinski definition) is 2. The number of aliphatic carboxylic acids is 1. The molecule has 3 rings (SSSR count). The molecule has 6 atom stereocenters. The minimum absolute atomic E-state index is 0.0343. The fraction of sp³-hybridized carbons (Fsp3) is 0.548. The lowest BCUT2D eigenvalue weighted by Crippen LogP contribution is -2.31. The van der Waals surface area contributed by atoms with Crippen molar-refractivity contribution in [2.45, 2.75) is 89.1 Å². The summed E-state index contributed by atoms with van der Waals surface area (Å²) in [5.41, 5.74) is 1.30. The second-order valence-electron chi connectivity index (χ2n) is 10.1. The van der Waals surface area contributed by atoms with Gasteiger partial charge < -0.3 is 19.7 Å². The average molecular weight is 509 g/mol. The first-order chi connectivity index (χ1) is 18.0. The molecule has 0 radical (unpaired) electrons. The monoisotopic (exact) mass is 508 g/mol. The first-order valence-electron chi connectivity index (χ1n) is 13.6. The fourth-order valence-electron chi connectivity index (χ4n) is 5.31. The minimum atomic E-state index is -0.766. The Balaban J connectivity index is 1.64. The Morgan fingerprint density at radius 3 is 2.70 bits per heavy atom. The van der Waals surface area contributed by atoms with Crippen LogP contribution in [-0.4, -0.2) is 47.1 Å². The second-order valence-corrected chi connectivity index (χ2v) is 10.1. The Kier molecular flexibility index (Phi) is 11.9. The normalized spacial score (nSPS) is 25.8. The number of hydrogen-bond acceptors (Lipinski definition) is 4. The number of allylic oxidation sites excluding steroid dienone is 5. The van der Waals surface area contributed by atoms with E-state index in [4.69, 9.17) is 14.6 Å². The van der Waals surface area contributed by atoms with Crippen LogP contribution in [0.3, 0.4) is 0 Å². The molecule has 200 valence electrons. The predicted octanol–water partition coefficient (Wildman–Crippen LogP) is 6.17. The molecule has 1 aromatic rings. The zero-order valence-corrected chi connectivity index (χ0v) is 22.0. The first kappa shape index (κ1) is 28.7. The number of unbranched alkanes of at least 4 members (excludes halogenated alkanes) is 1. The maximum atomic E-state index is 11.0. The van der Waals surface area contributed by atoms with Gasteiger partial charge in [-0.1, -0.05) is 60.0 Å². The molecule has 2 aliphatic rings. The van der Waals surface area contributed by atoms with Crippen LogP contribution in [0.2, 0.25) is 0 Å². The number of rotatable bonds is 17. The standard InChI is InChI=1S/C31H41NO5/c1-3-11-23(2)36-25(17-16-24-12-7-6-8-13-24)18-19-28-27(14-9-4-5-10-15-31(34)35)29(33)20-30(28)37-26-21-32-22-26/h3-4,6-9,11-13,25-30,33H,1,5,10,14-21H2,2H3/p+1/b9-4-,23-11+/t25-,26?,27+,28+,29-,30+/m0/s1. The Hall–Kier alpha value is -2.88. The van der Waals surface area contributed by atoms with Gasteiger partial charge in [0.2, 0.25) is 0 Å². The minimum Gasteiger partial charge on any atom is -0.495 e. The van der Waals surface area contributed by atoms with Gasteiger partial charge >= 0.3 is 18.6 Å². The van der Waals surface area contributed by atoms with Crippen LogP contribution in [0.15, 0.2) is 67.0 Å². The molecule has 37 heavy (non-hydrogen) atoms. The zero-order chi connectivity index (χ0) is 26.5. The molecule has 1 heterocycles. The summed E-state index contributed by atoms with van der Waals surface area (Å²) in [5, 5.41) is 19.8. The molecule has 1 aliphatic heterocycles. The molecular weight excluding hydrogens is 466 g/mol. The van der Waals surface area contributed by atoms with Gasteiger partial charge in [0.05, 0.1) is 24.1 Å². The number of carboxylic acid groups (broad SMARTS) is 1. The van der Waals surface area contributed by atoms with Crippen LogP contribution in [0.25, 0.3) is 4.85 Å². The molecule has 6 nitrogen and oxygen atoms in total. The van der Waals surface area contributed by atoms with Gasteiger partial charge in [-0.2, -0.15) is 0 Å². The van der Waals surface area contributed by atoms with Gasteiger partial charge in [-0.3, -0.25) is 4.79 Å². The molecule has 0 amide bonds. The van der Waals surface area contributed by atoms with Gasteiger partial charge in [0, 0.05) is 12.8 Å². The average Bonchev–Trinajstić information content (AvgIpc) is 3.14. The summed E-state index contributed by atoms with van der Waals surface area (Å²) in [6.45, 7) is 6.39. The lowest BCUT2D eigenvalue weighted by molar-refractivity contribution is -0.137. The van der Waals surface area contributed by atoms with Crippen LogP contribution in [0.5, 0.6) is 0 Å². The van der Waals surface area contributed by atoms with Crippen molar-refractivity contribution in [1.82, 2.24) is 0 Å².